The van der Waals surface area contributed by atoms with Gasteiger partial charge in [-0.1, -0.05) is 6.07 Å². The van der Waals surface area contributed by atoms with Crippen LogP contribution >= 0.6 is 11.3 Å². The number of carbonyl (C=O) groups is 1. The van der Waals surface area contributed by atoms with Gasteiger partial charge in [0.15, 0.2) is 0 Å². The molecular weight excluding hydrogens is 220 g/mol. The zero-order valence-corrected chi connectivity index (χ0v) is 10.8. The summed E-state index contributed by atoms with van der Waals surface area (Å²) in [6, 6.07) is 4.10. The second-order valence-electron chi connectivity index (χ2n) is 4.09. The summed E-state index contributed by atoms with van der Waals surface area (Å²) in [6.45, 7) is 1.80. The Morgan fingerprint density at radius 2 is 2.31 bits per heavy atom. The standard InChI is InChI=1S/C12H20N2OS/c1-14(2)9-4-8-13-12(15)7-6-11-5-3-10-16-11/h3,5,10H,4,6-9H2,1-2H3,(H,13,15). The van der Waals surface area contributed by atoms with E-state index in [0.29, 0.717) is 6.42 Å². The average Bonchev–Trinajstić information content (AvgIpc) is 2.74. The molecule has 1 rings (SSSR count). The Kier molecular flexibility index (Phi) is 6.11. The zero-order chi connectivity index (χ0) is 11.8. The van der Waals surface area contributed by atoms with Crippen LogP contribution in [0.2, 0.25) is 0 Å². The minimum absolute atomic E-state index is 0.159. The predicted molar refractivity (Wildman–Crippen MR) is 68.8 cm³/mol. The maximum absolute atomic E-state index is 11.5. The van der Waals surface area contributed by atoms with E-state index in [0.717, 1.165) is 25.9 Å². The molecule has 0 saturated carbocycles. The summed E-state index contributed by atoms with van der Waals surface area (Å²) in [4.78, 5) is 14.9. The molecule has 0 aliphatic carbocycles. The van der Waals surface area contributed by atoms with Crippen molar-refractivity contribution in [2.75, 3.05) is 27.2 Å². The second kappa shape index (κ2) is 7.41. The minimum atomic E-state index is 0.159. The second-order valence-corrected chi connectivity index (χ2v) is 5.12. The first-order valence-electron chi connectivity index (χ1n) is 5.62. The van der Waals surface area contributed by atoms with Gasteiger partial charge in [-0.15, -0.1) is 11.3 Å². The molecule has 3 nitrogen and oxygen atoms in total. The third-order valence-corrected chi connectivity index (χ3v) is 3.22. The lowest BCUT2D eigenvalue weighted by Gasteiger charge is -2.09. The number of rotatable bonds is 7. The molecule has 1 N–H and O–H groups in total. The van der Waals surface area contributed by atoms with Gasteiger partial charge in [-0.2, -0.15) is 0 Å². The topological polar surface area (TPSA) is 32.3 Å². The van der Waals surface area contributed by atoms with Crippen molar-refractivity contribution < 1.29 is 4.79 Å². The summed E-state index contributed by atoms with van der Waals surface area (Å²) in [5, 5.41) is 4.99. The van der Waals surface area contributed by atoms with Crippen molar-refractivity contribution in [1.29, 1.82) is 0 Å². The maximum Gasteiger partial charge on any atom is 0.220 e. The molecule has 0 radical (unpaired) electrons. The molecule has 0 fully saturated rings. The van der Waals surface area contributed by atoms with Crippen molar-refractivity contribution in [3.8, 4) is 0 Å². The van der Waals surface area contributed by atoms with E-state index in [9.17, 15) is 4.79 Å². The van der Waals surface area contributed by atoms with E-state index < -0.39 is 0 Å². The molecule has 1 heterocycles. The molecule has 0 spiro atoms. The quantitative estimate of drug-likeness (QED) is 0.736. The van der Waals surface area contributed by atoms with Gasteiger partial charge in [-0.3, -0.25) is 4.79 Å². The molecule has 1 amide bonds. The van der Waals surface area contributed by atoms with Crippen molar-refractivity contribution >= 4 is 17.2 Å². The summed E-state index contributed by atoms with van der Waals surface area (Å²) in [5.41, 5.74) is 0. The smallest absolute Gasteiger partial charge is 0.220 e. The number of amides is 1. The highest BCUT2D eigenvalue weighted by Gasteiger charge is 2.02. The van der Waals surface area contributed by atoms with E-state index in [-0.39, 0.29) is 5.91 Å². The fourth-order valence-electron chi connectivity index (χ4n) is 1.40. The number of nitrogens with one attached hydrogen (secondary N) is 1. The molecule has 0 aliphatic heterocycles. The number of nitrogens with zero attached hydrogens (tertiary/aromatic N) is 1. The molecule has 90 valence electrons. The van der Waals surface area contributed by atoms with Gasteiger partial charge in [-0.05, 0) is 44.9 Å². The van der Waals surface area contributed by atoms with Crippen LogP contribution in [0.3, 0.4) is 0 Å². The van der Waals surface area contributed by atoms with Crippen LogP contribution in [0, 0.1) is 0 Å². The van der Waals surface area contributed by atoms with Crippen LogP contribution < -0.4 is 5.32 Å². The van der Waals surface area contributed by atoms with E-state index >= 15 is 0 Å². The van der Waals surface area contributed by atoms with Gasteiger partial charge in [0.25, 0.3) is 0 Å². The normalized spacial score (nSPS) is 10.7. The lowest BCUT2D eigenvalue weighted by atomic mass is 10.2. The van der Waals surface area contributed by atoms with Gasteiger partial charge in [0.05, 0.1) is 0 Å². The van der Waals surface area contributed by atoms with Crippen LogP contribution in [-0.2, 0) is 11.2 Å². The Bertz CT molecular complexity index is 296. The molecule has 1 aromatic rings. The third-order valence-electron chi connectivity index (χ3n) is 2.28. The Labute approximate surface area is 101 Å². The SMILES string of the molecule is CN(C)CCCNC(=O)CCc1cccs1. The molecule has 0 aromatic carbocycles. The van der Waals surface area contributed by atoms with Gasteiger partial charge in [0.2, 0.25) is 5.91 Å². The van der Waals surface area contributed by atoms with E-state index in [2.05, 4.69) is 16.3 Å². The first kappa shape index (κ1) is 13.2. The summed E-state index contributed by atoms with van der Waals surface area (Å²) >= 11 is 1.71. The molecule has 4 heteroatoms. The first-order valence-corrected chi connectivity index (χ1v) is 6.50. The number of hydrogen-bond donors (Lipinski definition) is 1. The van der Waals surface area contributed by atoms with E-state index in [1.807, 2.05) is 25.5 Å². The summed E-state index contributed by atoms with van der Waals surface area (Å²) in [6.07, 6.45) is 2.47. The lowest BCUT2D eigenvalue weighted by Crippen LogP contribution is -2.27. The fraction of sp³-hybridized carbons (Fsp3) is 0.583. The molecule has 0 saturated heterocycles. The highest BCUT2D eigenvalue weighted by atomic mass is 32.1. The number of thiophene rings is 1. The highest BCUT2D eigenvalue weighted by Crippen LogP contribution is 2.10. The van der Waals surface area contributed by atoms with Gasteiger partial charge in [0, 0.05) is 17.8 Å². The van der Waals surface area contributed by atoms with Crippen molar-refractivity contribution in [3.05, 3.63) is 22.4 Å². The number of carbonyl (C=O) groups excluding carboxylic acids is 1. The van der Waals surface area contributed by atoms with E-state index in [4.69, 9.17) is 0 Å². The zero-order valence-electron chi connectivity index (χ0n) is 10.0. The molecule has 0 unspecified atom stereocenters. The fourth-order valence-corrected chi connectivity index (χ4v) is 2.11. The van der Waals surface area contributed by atoms with Crippen LogP contribution in [-0.4, -0.2) is 38.0 Å². The molecule has 16 heavy (non-hydrogen) atoms. The van der Waals surface area contributed by atoms with Gasteiger partial charge in [-0.25, -0.2) is 0 Å². The van der Waals surface area contributed by atoms with Crippen molar-refractivity contribution in [1.82, 2.24) is 10.2 Å². The monoisotopic (exact) mass is 240 g/mol. The Morgan fingerprint density at radius 3 is 2.94 bits per heavy atom. The first-order chi connectivity index (χ1) is 7.68. The van der Waals surface area contributed by atoms with Gasteiger partial charge in [0.1, 0.15) is 0 Å². The van der Waals surface area contributed by atoms with Gasteiger partial charge >= 0.3 is 0 Å². The van der Waals surface area contributed by atoms with Crippen LogP contribution in [0.1, 0.15) is 17.7 Å². The summed E-state index contributed by atoms with van der Waals surface area (Å²) in [5.74, 6) is 0.159. The predicted octanol–water partition coefficient (Wildman–Crippen LogP) is 1.75. The number of aryl methyl sites for hydroxylation is 1. The Morgan fingerprint density at radius 1 is 1.50 bits per heavy atom. The van der Waals surface area contributed by atoms with Crippen molar-refractivity contribution in [2.24, 2.45) is 0 Å². The molecule has 1 aromatic heterocycles. The van der Waals surface area contributed by atoms with Crippen LogP contribution in [0.4, 0.5) is 0 Å². The lowest BCUT2D eigenvalue weighted by molar-refractivity contribution is -0.121. The summed E-state index contributed by atoms with van der Waals surface area (Å²) in [7, 11) is 4.08. The molecule has 0 atom stereocenters. The largest absolute Gasteiger partial charge is 0.356 e. The highest BCUT2D eigenvalue weighted by molar-refractivity contribution is 7.09. The van der Waals surface area contributed by atoms with Crippen molar-refractivity contribution in [3.63, 3.8) is 0 Å². The molecule has 0 bridgehead atoms. The van der Waals surface area contributed by atoms with E-state index in [1.165, 1.54) is 4.88 Å². The number of hydrogen-bond acceptors (Lipinski definition) is 3. The van der Waals surface area contributed by atoms with Crippen molar-refractivity contribution in [2.45, 2.75) is 19.3 Å². The Hall–Kier alpha value is -0.870. The third kappa shape index (κ3) is 5.88. The maximum atomic E-state index is 11.5. The van der Waals surface area contributed by atoms with Crippen LogP contribution in [0.25, 0.3) is 0 Å². The van der Waals surface area contributed by atoms with Crippen LogP contribution in [0.15, 0.2) is 17.5 Å². The molecule has 0 aliphatic rings. The summed E-state index contributed by atoms with van der Waals surface area (Å²) < 4.78 is 0. The molecular formula is C12H20N2OS. The van der Waals surface area contributed by atoms with Gasteiger partial charge < -0.3 is 10.2 Å². The average molecular weight is 240 g/mol. The minimum Gasteiger partial charge on any atom is -0.356 e. The van der Waals surface area contributed by atoms with Crippen LogP contribution in [0.5, 0.6) is 0 Å². The Balaban J connectivity index is 2.03. The van der Waals surface area contributed by atoms with E-state index in [1.54, 1.807) is 11.3 Å².